The van der Waals surface area contributed by atoms with Gasteiger partial charge < -0.3 is 20.3 Å². The third-order valence-corrected chi connectivity index (χ3v) is 2.83. The van der Waals surface area contributed by atoms with Crippen LogP contribution in [0.4, 0.5) is 0 Å². The Kier molecular flexibility index (Phi) is 5.87. The number of rotatable bonds is 5. The predicted molar refractivity (Wildman–Crippen MR) is 70.2 cm³/mol. The van der Waals surface area contributed by atoms with E-state index in [2.05, 4.69) is 15.0 Å². The van der Waals surface area contributed by atoms with Gasteiger partial charge in [-0.25, -0.2) is 9.78 Å². The van der Waals surface area contributed by atoms with Gasteiger partial charge in [-0.3, -0.25) is 4.79 Å². The van der Waals surface area contributed by atoms with Crippen LogP contribution in [0.2, 0.25) is 5.15 Å². The SMILES string of the molecule is COC(=O)c1cc(C(O)C(O)CNC(C)=O)cnc1Cl. The van der Waals surface area contributed by atoms with Crippen molar-refractivity contribution in [2.24, 2.45) is 0 Å². The summed E-state index contributed by atoms with van der Waals surface area (Å²) in [5.41, 5.74) is 0.171. The van der Waals surface area contributed by atoms with E-state index in [0.717, 1.165) is 0 Å². The molecule has 8 heteroatoms. The molecule has 1 aromatic rings. The van der Waals surface area contributed by atoms with Crippen LogP contribution in [0.3, 0.4) is 0 Å². The molecule has 1 amide bonds. The smallest absolute Gasteiger partial charge is 0.341 e. The third kappa shape index (κ3) is 4.16. The first-order valence-electron chi connectivity index (χ1n) is 5.71. The molecule has 0 fully saturated rings. The summed E-state index contributed by atoms with van der Waals surface area (Å²) in [7, 11) is 1.19. The zero-order valence-electron chi connectivity index (χ0n) is 11.0. The Hall–Kier alpha value is -1.70. The second kappa shape index (κ2) is 7.18. The number of aromatic nitrogens is 1. The Bertz CT molecular complexity index is 509. The van der Waals surface area contributed by atoms with Gasteiger partial charge in [0.05, 0.1) is 12.7 Å². The Morgan fingerprint density at radius 2 is 2.15 bits per heavy atom. The Morgan fingerprint density at radius 1 is 1.50 bits per heavy atom. The van der Waals surface area contributed by atoms with Crippen LogP contribution in [0, 0.1) is 0 Å². The summed E-state index contributed by atoms with van der Waals surface area (Å²) < 4.78 is 4.53. The lowest BCUT2D eigenvalue weighted by Crippen LogP contribution is -2.34. The van der Waals surface area contributed by atoms with Crippen LogP contribution in [0.5, 0.6) is 0 Å². The van der Waals surface area contributed by atoms with Crippen LogP contribution in [0.25, 0.3) is 0 Å². The van der Waals surface area contributed by atoms with Gasteiger partial charge in [0.15, 0.2) is 0 Å². The minimum absolute atomic E-state index is 0.0163. The number of amides is 1. The average molecular weight is 303 g/mol. The molecule has 7 nitrogen and oxygen atoms in total. The fourth-order valence-corrected chi connectivity index (χ4v) is 1.64. The quantitative estimate of drug-likeness (QED) is 0.524. The van der Waals surface area contributed by atoms with Crippen molar-refractivity contribution in [2.45, 2.75) is 19.1 Å². The molecule has 20 heavy (non-hydrogen) atoms. The summed E-state index contributed by atoms with van der Waals surface area (Å²) in [6.45, 7) is 1.16. The maximum atomic E-state index is 11.4. The lowest BCUT2D eigenvalue weighted by molar-refractivity contribution is -0.119. The number of aliphatic hydroxyl groups excluding tert-OH is 2. The molecule has 0 spiro atoms. The van der Waals surface area contributed by atoms with Crippen molar-refractivity contribution in [1.82, 2.24) is 10.3 Å². The number of esters is 1. The van der Waals surface area contributed by atoms with Crippen LogP contribution < -0.4 is 5.32 Å². The van der Waals surface area contributed by atoms with Crippen molar-refractivity contribution >= 4 is 23.5 Å². The molecule has 0 aliphatic heterocycles. The van der Waals surface area contributed by atoms with E-state index in [9.17, 15) is 19.8 Å². The van der Waals surface area contributed by atoms with E-state index >= 15 is 0 Å². The van der Waals surface area contributed by atoms with Gasteiger partial charge in [-0.15, -0.1) is 0 Å². The van der Waals surface area contributed by atoms with E-state index in [1.807, 2.05) is 0 Å². The number of pyridine rings is 1. The lowest BCUT2D eigenvalue weighted by Gasteiger charge is -2.18. The van der Waals surface area contributed by atoms with Crippen LogP contribution in [-0.4, -0.2) is 46.8 Å². The van der Waals surface area contributed by atoms with Gasteiger partial charge >= 0.3 is 5.97 Å². The van der Waals surface area contributed by atoms with Gasteiger partial charge in [0.2, 0.25) is 5.91 Å². The van der Waals surface area contributed by atoms with E-state index < -0.39 is 18.2 Å². The van der Waals surface area contributed by atoms with Crippen molar-refractivity contribution in [3.05, 3.63) is 28.5 Å². The molecule has 0 aliphatic carbocycles. The fourth-order valence-electron chi connectivity index (χ4n) is 1.46. The molecule has 0 aliphatic rings. The van der Waals surface area contributed by atoms with Crippen molar-refractivity contribution < 1.29 is 24.5 Å². The van der Waals surface area contributed by atoms with Crippen LogP contribution in [-0.2, 0) is 9.53 Å². The van der Waals surface area contributed by atoms with Crippen LogP contribution in [0.1, 0.15) is 28.9 Å². The van der Waals surface area contributed by atoms with Crippen molar-refractivity contribution in [2.75, 3.05) is 13.7 Å². The molecule has 2 atom stereocenters. The van der Waals surface area contributed by atoms with Gasteiger partial charge in [0, 0.05) is 25.2 Å². The average Bonchev–Trinajstić information content (AvgIpc) is 2.43. The number of hydrogen-bond donors (Lipinski definition) is 3. The normalized spacial score (nSPS) is 13.4. The number of carbonyl (C=O) groups excluding carboxylic acids is 2. The van der Waals surface area contributed by atoms with Crippen molar-refractivity contribution in [1.29, 1.82) is 0 Å². The molecule has 0 aromatic carbocycles. The Morgan fingerprint density at radius 3 is 2.70 bits per heavy atom. The molecule has 1 heterocycles. The van der Waals surface area contributed by atoms with Gasteiger partial charge in [0.1, 0.15) is 17.4 Å². The largest absolute Gasteiger partial charge is 0.465 e. The zero-order valence-corrected chi connectivity index (χ0v) is 11.7. The highest BCUT2D eigenvalue weighted by atomic mass is 35.5. The third-order valence-electron chi connectivity index (χ3n) is 2.53. The van der Waals surface area contributed by atoms with E-state index in [0.29, 0.717) is 0 Å². The number of methoxy groups -OCH3 is 1. The first kappa shape index (κ1) is 16.4. The summed E-state index contributed by atoms with van der Waals surface area (Å²) >= 11 is 5.74. The molecule has 1 aromatic heterocycles. The Balaban J connectivity index is 2.90. The lowest BCUT2D eigenvalue weighted by atomic mass is 10.0. The van der Waals surface area contributed by atoms with E-state index in [-0.39, 0.29) is 28.7 Å². The number of hydrogen-bond acceptors (Lipinski definition) is 6. The van der Waals surface area contributed by atoms with Gasteiger partial charge in [-0.2, -0.15) is 0 Å². The first-order valence-corrected chi connectivity index (χ1v) is 6.09. The van der Waals surface area contributed by atoms with Crippen LogP contribution in [0.15, 0.2) is 12.3 Å². The summed E-state index contributed by atoms with van der Waals surface area (Å²) in [6.07, 6.45) is -1.33. The molecule has 0 saturated heterocycles. The Labute approximate surface area is 120 Å². The molecule has 0 saturated carbocycles. The fraction of sp³-hybridized carbons (Fsp3) is 0.417. The summed E-state index contributed by atoms with van der Waals surface area (Å²) in [5.74, 6) is -1.03. The summed E-state index contributed by atoms with van der Waals surface area (Å²) in [6, 6.07) is 1.28. The van der Waals surface area contributed by atoms with Crippen molar-refractivity contribution in [3.63, 3.8) is 0 Å². The highest BCUT2D eigenvalue weighted by Gasteiger charge is 2.22. The summed E-state index contributed by atoms with van der Waals surface area (Å²) in [4.78, 5) is 25.9. The van der Waals surface area contributed by atoms with Crippen molar-refractivity contribution in [3.8, 4) is 0 Å². The topological polar surface area (TPSA) is 109 Å². The highest BCUT2D eigenvalue weighted by molar-refractivity contribution is 6.32. The number of ether oxygens (including phenoxy) is 1. The van der Waals surface area contributed by atoms with Gasteiger partial charge in [-0.1, -0.05) is 11.6 Å². The maximum absolute atomic E-state index is 11.4. The number of aliphatic hydroxyl groups is 2. The number of nitrogens with one attached hydrogen (secondary N) is 1. The minimum atomic E-state index is -1.32. The minimum Gasteiger partial charge on any atom is -0.465 e. The molecule has 0 radical (unpaired) electrons. The van der Waals surface area contributed by atoms with E-state index in [1.165, 1.54) is 26.3 Å². The molecule has 3 N–H and O–H groups in total. The van der Waals surface area contributed by atoms with Gasteiger partial charge in [0.25, 0.3) is 0 Å². The van der Waals surface area contributed by atoms with E-state index in [1.54, 1.807) is 0 Å². The first-order chi connectivity index (χ1) is 9.36. The molecule has 110 valence electrons. The standard InChI is InChI=1S/C12H15ClN2O5/c1-6(16)14-5-9(17)10(18)7-3-8(12(19)20-2)11(13)15-4-7/h3-4,9-10,17-18H,5H2,1-2H3,(H,14,16). The monoisotopic (exact) mass is 302 g/mol. The highest BCUT2D eigenvalue weighted by Crippen LogP contribution is 2.21. The molecule has 1 rings (SSSR count). The zero-order chi connectivity index (χ0) is 15.3. The second-order valence-electron chi connectivity index (χ2n) is 4.05. The molecule has 0 bridgehead atoms. The molecular weight excluding hydrogens is 288 g/mol. The second-order valence-corrected chi connectivity index (χ2v) is 4.41. The number of carbonyl (C=O) groups is 2. The summed E-state index contributed by atoms with van der Waals surface area (Å²) in [5, 5.41) is 22.0. The van der Waals surface area contributed by atoms with Gasteiger partial charge in [-0.05, 0) is 6.07 Å². The molecule has 2 unspecified atom stereocenters. The van der Waals surface area contributed by atoms with Crippen LogP contribution >= 0.6 is 11.6 Å². The van der Waals surface area contributed by atoms with E-state index in [4.69, 9.17) is 11.6 Å². The maximum Gasteiger partial charge on any atom is 0.341 e. The number of nitrogens with zero attached hydrogens (tertiary/aromatic N) is 1. The molecular formula is C12H15ClN2O5. The predicted octanol–water partition coefficient (Wildman–Crippen LogP) is 0.0520. The number of halogens is 1.